The van der Waals surface area contributed by atoms with Gasteiger partial charge in [0.05, 0.1) is 23.6 Å². The Balaban J connectivity index is 1.77. The second kappa shape index (κ2) is 8.34. The molecule has 30 heavy (non-hydrogen) atoms. The van der Waals surface area contributed by atoms with Crippen LogP contribution in [-0.4, -0.2) is 12.2 Å². The van der Waals surface area contributed by atoms with Crippen LogP contribution < -0.4 is 10.3 Å². The Morgan fingerprint density at radius 2 is 1.67 bits per heavy atom. The molecule has 0 fully saturated rings. The first-order valence-electron chi connectivity index (χ1n) is 9.83. The molecule has 1 heterocycles. The molecule has 0 amide bonds. The van der Waals surface area contributed by atoms with Crippen LogP contribution in [0.15, 0.2) is 75.9 Å². The maximum atomic E-state index is 13.3. The minimum absolute atomic E-state index is 0.113. The minimum atomic E-state index is -0.113. The Kier molecular flexibility index (Phi) is 5.62. The molecule has 0 saturated carbocycles. The summed E-state index contributed by atoms with van der Waals surface area (Å²) in [6.07, 6.45) is 0. The molecule has 0 aliphatic carbocycles. The first-order chi connectivity index (χ1) is 14.4. The second-order valence-electron chi connectivity index (χ2n) is 7.61. The van der Waals surface area contributed by atoms with Gasteiger partial charge in [-0.2, -0.15) is 0 Å². The van der Waals surface area contributed by atoms with Crippen molar-refractivity contribution in [3.05, 3.63) is 98.9 Å². The van der Waals surface area contributed by atoms with Gasteiger partial charge in [-0.25, -0.2) is 0 Å². The number of hydrogen-bond acceptors (Lipinski definition) is 3. The van der Waals surface area contributed by atoms with E-state index in [1.807, 2.05) is 30.3 Å². The van der Waals surface area contributed by atoms with E-state index in [1.165, 1.54) is 10.5 Å². The Morgan fingerprint density at radius 3 is 2.37 bits per heavy atom. The van der Waals surface area contributed by atoms with E-state index in [1.54, 1.807) is 31.2 Å². The highest BCUT2D eigenvalue weighted by atomic mass is 35.5. The largest absolute Gasteiger partial charge is 0.507 e. The Hall–Kier alpha value is -3.08. The molecule has 1 aromatic heterocycles. The van der Waals surface area contributed by atoms with Crippen molar-refractivity contribution in [2.45, 2.75) is 20.0 Å². The molecule has 5 heteroatoms. The summed E-state index contributed by atoms with van der Waals surface area (Å²) in [4.78, 5) is 14.5. The molecule has 1 unspecified atom stereocenters. The molecular weight excluding hydrogens is 398 g/mol. The SMILES string of the molecule is Cc1oc2c(C[NH+](C)Cc3ccccc3)c(O)ccc2c(=O)c1-c1ccc(Cl)cc1. The summed E-state index contributed by atoms with van der Waals surface area (Å²) in [7, 11) is 2.05. The van der Waals surface area contributed by atoms with E-state index >= 15 is 0 Å². The molecule has 4 aromatic rings. The molecule has 3 aromatic carbocycles. The highest BCUT2D eigenvalue weighted by Gasteiger charge is 2.20. The molecule has 0 aliphatic rings. The normalized spacial score (nSPS) is 12.2. The van der Waals surface area contributed by atoms with E-state index in [9.17, 15) is 9.90 Å². The fraction of sp³-hybridized carbons (Fsp3) is 0.160. The lowest BCUT2D eigenvalue weighted by Gasteiger charge is -2.17. The van der Waals surface area contributed by atoms with Crippen molar-refractivity contribution in [2.24, 2.45) is 0 Å². The van der Waals surface area contributed by atoms with Gasteiger partial charge >= 0.3 is 0 Å². The molecule has 0 spiro atoms. The van der Waals surface area contributed by atoms with E-state index in [4.69, 9.17) is 16.0 Å². The number of aryl methyl sites for hydroxylation is 1. The van der Waals surface area contributed by atoms with Gasteiger partial charge in [-0.1, -0.05) is 54.1 Å². The first kappa shape index (κ1) is 20.2. The summed E-state index contributed by atoms with van der Waals surface area (Å²) in [6, 6.07) is 20.5. The quantitative estimate of drug-likeness (QED) is 0.505. The van der Waals surface area contributed by atoms with Gasteiger partial charge in [0.15, 0.2) is 5.58 Å². The van der Waals surface area contributed by atoms with Crippen LogP contribution in [0.3, 0.4) is 0 Å². The van der Waals surface area contributed by atoms with E-state index < -0.39 is 0 Å². The molecule has 4 rings (SSSR count). The summed E-state index contributed by atoms with van der Waals surface area (Å²) >= 11 is 5.99. The number of rotatable bonds is 5. The zero-order chi connectivity index (χ0) is 21.3. The molecule has 0 saturated heterocycles. The summed E-state index contributed by atoms with van der Waals surface area (Å²) in [5.41, 5.74) is 3.46. The van der Waals surface area contributed by atoms with Crippen LogP contribution in [0.25, 0.3) is 22.1 Å². The topological polar surface area (TPSA) is 54.9 Å². The number of halogens is 1. The van der Waals surface area contributed by atoms with Crippen molar-refractivity contribution in [3.8, 4) is 16.9 Å². The van der Waals surface area contributed by atoms with Crippen molar-refractivity contribution >= 4 is 22.6 Å². The van der Waals surface area contributed by atoms with Crippen molar-refractivity contribution in [3.63, 3.8) is 0 Å². The third-order valence-corrected chi connectivity index (χ3v) is 5.53. The van der Waals surface area contributed by atoms with Crippen molar-refractivity contribution in [2.75, 3.05) is 7.05 Å². The van der Waals surface area contributed by atoms with Gasteiger partial charge in [0.1, 0.15) is 24.6 Å². The van der Waals surface area contributed by atoms with Crippen LogP contribution in [0.1, 0.15) is 16.9 Å². The predicted octanol–water partition coefficient (Wildman–Crippen LogP) is 4.34. The van der Waals surface area contributed by atoms with E-state index in [0.717, 1.165) is 12.1 Å². The third kappa shape index (κ3) is 3.97. The molecule has 2 N–H and O–H groups in total. The number of fused-ring (bicyclic) bond motifs is 1. The van der Waals surface area contributed by atoms with Crippen LogP contribution in [0, 0.1) is 6.92 Å². The van der Waals surface area contributed by atoms with Gasteiger partial charge in [-0.05, 0) is 36.8 Å². The van der Waals surface area contributed by atoms with Gasteiger partial charge in [0, 0.05) is 10.6 Å². The maximum Gasteiger partial charge on any atom is 0.200 e. The van der Waals surface area contributed by atoms with Crippen LogP contribution >= 0.6 is 11.6 Å². The van der Waals surface area contributed by atoms with Crippen molar-refractivity contribution in [1.82, 2.24) is 0 Å². The van der Waals surface area contributed by atoms with Crippen LogP contribution in [0.4, 0.5) is 0 Å². The number of aromatic hydroxyl groups is 1. The van der Waals surface area contributed by atoms with Crippen molar-refractivity contribution in [1.29, 1.82) is 0 Å². The molecule has 0 aliphatic heterocycles. The maximum absolute atomic E-state index is 13.3. The van der Waals surface area contributed by atoms with Crippen LogP contribution in [0.2, 0.25) is 5.02 Å². The number of nitrogens with one attached hydrogen (secondary N) is 1. The highest BCUT2D eigenvalue weighted by molar-refractivity contribution is 6.30. The zero-order valence-electron chi connectivity index (χ0n) is 16.9. The predicted molar refractivity (Wildman–Crippen MR) is 120 cm³/mol. The average Bonchev–Trinajstić information content (AvgIpc) is 2.72. The van der Waals surface area contributed by atoms with Gasteiger partial charge in [0.2, 0.25) is 5.43 Å². The van der Waals surface area contributed by atoms with Gasteiger partial charge in [-0.15, -0.1) is 0 Å². The van der Waals surface area contributed by atoms with Crippen LogP contribution in [0.5, 0.6) is 5.75 Å². The molecule has 0 bridgehead atoms. The van der Waals surface area contributed by atoms with Crippen molar-refractivity contribution < 1.29 is 14.4 Å². The number of phenolic OH excluding ortho intramolecular Hbond substituents is 1. The molecule has 0 radical (unpaired) electrons. The molecule has 1 atom stereocenters. The highest BCUT2D eigenvalue weighted by Crippen LogP contribution is 2.30. The number of phenols is 1. The lowest BCUT2D eigenvalue weighted by molar-refractivity contribution is -0.907. The average molecular weight is 421 g/mol. The fourth-order valence-corrected chi connectivity index (χ4v) is 3.97. The second-order valence-corrected chi connectivity index (χ2v) is 8.04. The Morgan fingerprint density at radius 1 is 0.967 bits per heavy atom. The monoisotopic (exact) mass is 420 g/mol. The summed E-state index contributed by atoms with van der Waals surface area (Å²) in [6.45, 7) is 3.10. The standard InChI is InChI=1S/C25H22ClNO3/c1-16-23(18-8-10-19(26)11-9-18)24(29)20-12-13-22(28)21(25(20)30-16)15-27(2)14-17-6-4-3-5-7-17/h3-13,28H,14-15H2,1-2H3/p+1. The Labute approximate surface area is 180 Å². The van der Waals surface area contributed by atoms with Gasteiger partial charge < -0.3 is 14.4 Å². The van der Waals surface area contributed by atoms with E-state index in [0.29, 0.717) is 39.4 Å². The lowest BCUT2D eigenvalue weighted by Crippen LogP contribution is -3.06. The summed E-state index contributed by atoms with van der Waals surface area (Å²) in [5.74, 6) is 0.652. The minimum Gasteiger partial charge on any atom is -0.507 e. The number of hydrogen-bond donors (Lipinski definition) is 2. The molecular formula is C25H23ClNO3+. The number of quaternary nitrogens is 1. The van der Waals surface area contributed by atoms with Gasteiger partial charge in [0.25, 0.3) is 0 Å². The lowest BCUT2D eigenvalue weighted by atomic mass is 10.0. The zero-order valence-corrected chi connectivity index (χ0v) is 17.7. The third-order valence-electron chi connectivity index (χ3n) is 5.27. The smallest absolute Gasteiger partial charge is 0.200 e. The van der Waals surface area contributed by atoms with E-state index in [-0.39, 0.29) is 11.2 Å². The molecule has 152 valence electrons. The Bertz CT molecular complexity index is 1250. The van der Waals surface area contributed by atoms with Crippen LogP contribution in [-0.2, 0) is 13.1 Å². The van der Waals surface area contributed by atoms with Gasteiger partial charge in [-0.3, -0.25) is 4.79 Å². The summed E-state index contributed by atoms with van der Waals surface area (Å²) < 4.78 is 6.12. The first-order valence-corrected chi connectivity index (χ1v) is 10.2. The number of benzene rings is 3. The summed E-state index contributed by atoms with van der Waals surface area (Å²) in [5, 5.41) is 11.6. The van der Waals surface area contributed by atoms with E-state index in [2.05, 4.69) is 19.2 Å². The molecule has 4 nitrogen and oxygen atoms in total. The fourth-order valence-electron chi connectivity index (χ4n) is 3.84.